The fourth-order valence-electron chi connectivity index (χ4n) is 1.13. The smallest absolute Gasteiger partial charge is 0.0991 e. The van der Waals surface area contributed by atoms with Crippen molar-refractivity contribution in [3.63, 3.8) is 0 Å². The molecule has 0 saturated carbocycles. The number of hydrogen-bond acceptors (Lipinski definition) is 1. The van der Waals surface area contributed by atoms with Gasteiger partial charge < -0.3 is 4.57 Å². The van der Waals surface area contributed by atoms with Gasteiger partial charge in [0.1, 0.15) is 0 Å². The lowest BCUT2D eigenvalue weighted by molar-refractivity contribution is 1.06. The molecule has 13 heavy (non-hydrogen) atoms. The molecule has 0 radical (unpaired) electrons. The van der Waals surface area contributed by atoms with E-state index < -0.39 is 0 Å². The highest BCUT2D eigenvalue weighted by Crippen LogP contribution is 2.07. The van der Waals surface area contributed by atoms with E-state index in [1.165, 1.54) is 5.56 Å². The summed E-state index contributed by atoms with van der Waals surface area (Å²) >= 11 is 0. The number of halogens is 1. The minimum Gasteiger partial charge on any atom is -0.306 e. The Morgan fingerprint density at radius 2 is 1.85 bits per heavy atom. The first kappa shape index (κ1) is 9.81. The van der Waals surface area contributed by atoms with Gasteiger partial charge in [0.05, 0.1) is 6.33 Å². The summed E-state index contributed by atoms with van der Waals surface area (Å²) in [5, 5.41) is 0. The zero-order chi connectivity index (χ0) is 8.39. The molecule has 0 spiro atoms. The first-order valence-electron chi connectivity index (χ1n) is 3.91. The summed E-state index contributed by atoms with van der Waals surface area (Å²) in [7, 11) is 0. The molecule has 2 rings (SSSR count). The predicted octanol–water partition coefficient (Wildman–Crippen LogP) is 2.60. The van der Waals surface area contributed by atoms with Crippen molar-refractivity contribution in [1.82, 2.24) is 9.55 Å². The molecule has 0 bridgehead atoms. The molecule has 0 N–H and O–H groups in total. The van der Waals surface area contributed by atoms with Gasteiger partial charge in [0, 0.05) is 18.1 Å². The number of rotatable bonds is 1. The van der Waals surface area contributed by atoms with Gasteiger partial charge in [0.15, 0.2) is 0 Å². The Balaban J connectivity index is 0.000000845. The van der Waals surface area contributed by atoms with Crippen LogP contribution in [0, 0.1) is 6.92 Å². The second kappa shape index (κ2) is 4.10. The average molecular weight is 195 g/mol. The largest absolute Gasteiger partial charge is 0.306 e. The lowest BCUT2D eigenvalue weighted by atomic mass is 10.2. The van der Waals surface area contributed by atoms with E-state index in [0.29, 0.717) is 0 Å². The molecule has 0 fully saturated rings. The van der Waals surface area contributed by atoms with E-state index in [-0.39, 0.29) is 12.4 Å². The molecule has 2 nitrogen and oxygen atoms in total. The van der Waals surface area contributed by atoms with Crippen molar-refractivity contribution in [2.75, 3.05) is 0 Å². The minimum absolute atomic E-state index is 0. The fraction of sp³-hybridized carbons (Fsp3) is 0.100. The van der Waals surface area contributed by atoms with Gasteiger partial charge in [-0.3, -0.25) is 0 Å². The van der Waals surface area contributed by atoms with Crippen molar-refractivity contribution < 1.29 is 0 Å². The van der Waals surface area contributed by atoms with Crippen LogP contribution in [0.3, 0.4) is 0 Å². The molecule has 1 aromatic heterocycles. The topological polar surface area (TPSA) is 17.8 Å². The molecule has 1 aromatic carbocycles. The number of aryl methyl sites for hydroxylation is 1. The maximum atomic E-state index is 3.98. The Kier molecular flexibility index (Phi) is 3.09. The van der Waals surface area contributed by atoms with Crippen molar-refractivity contribution in [3.05, 3.63) is 48.5 Å². The van der Waals surface area contributed by atoms with Gasteiger partial charge in [-0.2, -0.15) is 0 Å². The molecule has 0 amide bonds. The molecule has 0 aliphatic heterocycles. The first-order valence-corrected chi connectivity index (χ1v) is 3.91. The van der Waals surface area contributed by atoms with Gasteiger partial charge in [-0.05, 0) is 19.1 Å². The van der Waals surface area contributed by atoms with Crippen LogP contribution >= 0.6 is 12.4 Å². The predicted molar refractivity (Wildman–Crippen MR) is 55.5 cm³/mol. The molecular formula is C10H11ClN2. The van der Waals surface area contributed by atoms with Gasteiger partial charge in [-0.1, -0.05) is 17.7 Å². The van der Waals surface area contributed by atoms with E-state index in [2.05, 4.69) is 36.2 Å². The minimum atomic E-state index is 0. The summed E-state index contributed by atoms with van der Waals surface area (Å²) in [4.78, 5) is 3.98. The van der Waals surface area contributed by atoms with Crippen molar-refractivity contribution in [1.29, 1.82) is 0 Å². The first-order chi connectivity index (χ1) is 5.86. The molecular weight excluding hydrogens is 184 g/mol. The highest BCUT2D eigenvalue weighted by atomic mass is 35.5. The van der Waals surface area contributed by atoms with E-state index in [4.69, 9.17) is 0 Å². The zero-order valence-electron chi connectivity index (χ0n) is 7.34. The van der Waals surface area contributed by atoms with Gasteiger partial charge in [0.25, 0.3) is 0 Å². The maximum absolute atomic E-state index is 3.98. The van der Waals surface area contributed by atoms with Crippen LogP contribution in [0.4, 0.5) is 0 Å². The molecule has 0 unspecified atom stereocenters. The Labute approximate surface area is 83.6 Å². The summed E-state index contributed by atoms with van der Waals surface area (Å²) in [5.74, 6) is 0. The Bertz CT molecular complexity index is 351. The van der Waals surface area contributed by atoms with Crippen LogP contribution in [-0.2, 0) is 0 Å². The summed E-state index contributed by atoms with van der Waals surface area (Å²) in [6, 6.07) is 8.35. The van der Waals surface area contributed by atoms with Gasteiger partial charge >= 0.3 is 0 Å². The van der Waals surface area contributed by atoms with Crippen molar-refractivity contribution >= 4 is 12.4 Å². The van der Waals surface area contributed by atoms with Gasteiger partial charge in [0.2, 0.25) is 0 Å². The second-order valence-corrected chi connectivity index (χ2v) is 2.81. The van der Waals surface area contributed by atoms with Crippen molar-refractivity contribution in [2.24, 2.45) is 0 Å². The average Bonchev–Trinajstić information content (AvgIpc) is 2.58. The van der Waals surface area contributed by atoms with Crippen LogP contribution in [0.5, 0.6) is 0 Å². The van der Waals surface area contributed by atoms with Crippen LogP contribution in [0.2, 0.25) is 0 Å². The molecule has 3 heteroatoms. The standard InChI is InChI=1S/C10H10N2.ClH/c1-9-2-4-10(5-3-9)12-7-6-11-8-12;/h2-8H,1H3;1H. The number of aromatic nitrogens is 2. The second-order valence-electron chi connectivity index (χ2n) is 2.81. The molecule has 68 valence electrons. The molecule has 0 aliphatic carbocycles. The summed E-state index contributed by atoms with van der Waals surface area (Å²) in [5.41, 5.74) is 2.43. The lowest BCUT2D eigenvalue weighted by Crippen LogP contribution is -1.88. The molecule has 0 atom stereocenters. The van der Waals surface area contributed by atoms with Gasteiger partial charge in [-0.15, -0.1) is 12.4 Å². The van der Waals surface area contributed by atoms with Crippen LogP contribution in [-0.4, -0.2) is 9.55 Å². The summed E-state index contributed by atoms with van der Waals surface area (Å²) in [6.45, 7) is 2.08. The monoisotopic (exact) mass is 194 g/mol. The third-order valence-electron chi connectivity index (χ3n) is 1.84. The lowest BCUT2D eigenvalue weighted by Gasteiger charge is -2.00. The Morgan fingerprint density at radius 1 is 1.15 bits per heavy atom. The van der Waals surface area contributed by atoms with Crippen LogP contribution in [0.1, 0.15) is 5.56 Å². The zero-order valence-corrected chi connectivity index (χ0v) is 8.16. The number of nitrogens with zero attached hydrogens (tertiary/aromatic N) is 2. The third-order valence-corrected chi connectivity index (χ3v) is 1.84. The van der Waals surface area contributed by atoms with Gasteiger partial charge in [-0.25, -0.2) is 4.98 Å². The fourth-order valence-corrected chi connectivity index (χ4v) is 1.13. The van der Waals surface area contributed by atoms with E-state index in [1.807, 2.05) is 10.8 Å². The van der Waals surface area contributed by atoms with E-state index in [1.54, 1.807) is 12.5 Å². The Hall–Kier alpha value is -1.28. The number of imidazole rings is 1. The summed E-state index contributed by atoms with van der Waals surface area (Å²) < 4.78 is 1.99. The third kappa shape index (κ3) is 2.10. The maximum Gasteiger partial charge on any atom is 0.0991 e. The van der Waals surface area contributed by atoms with Crippen LogP contribution < -0.4 is 0 Å². The number of benzene rings is 1. The van der Waals surface area contributed by atoms with Crippen molar-refractivity contribution in [2.45, 2.75) is 6.92 Å². The SMILES string of the molecule is Cc1ccc(-n2ccnc2)cc1.Cl. The highest BCUT2D eigenvalue weighted by Gasteiger charge is 1.92. The Morgan fingerprint density at radius 3 is 2.38 bits per heavy atom. The number of hydrogen-bond donors (Lipinski definition) is 0. The quantitative estimate of drug-likeness (QED) is 0.683. The molecule has 0 aliphatic rings. The van der Waals surface area contributed by atoms with E-state index in [0.717, 1.165) is 5.69 Å². The van der Waals surface area contributed by atoms with E-state index in [9.17, 15) is 0 Å². The summed E-state index contributed by atoms with van der Waals surface area (Å²) in [6.07, 6.45) is 5.51. The molecule has 0 saturated heterocycles. The van der Waals surface area contributed by atoms with E-state index >= 15 is 0 Å². The molecule has 1 heterocycles. The van der Waals surface area contributed by atoms with Crippen LogP contribution in [0.25, 0.3) is 5.69 Å². The normalized spacial score (nSPS) is 9.31. The van der Waals surface area contributed by atoms with Crippen LogP contribution in [0.15, 0.2) is 43.0 Å². The molecule has 2 aromatic rings. The highest BCUT2D eigenvalue weighted by molar-refractivity contribution is 5.85. The van der Waals surface area contributed by atoms with Crippen molar-refractivity contribution in [3.8, 4) is 5.69 Å².